The van der Waals surface area contributed by atoms with Crippen molar-refractivity contribution < 1.29 is 4.74 Å². The first-order chi connectivity index (χ1) is 8.65. The SMILES string of the molecule is CCCNC(COC)CN(C)CC1CCN(C)C1. The van der Waals surface area contributed by atoms with Crippen LogP contribution in [0.1, 0.15) is 19.8 Å². The Balaban J connectivity index is 2.24. The van der Waals surface area contributed by atoms with Gasteiger partial charge in [0.05, 0.1) is 6.61 Å². The largest absolute Gasteiger partial charge is 0.383 e. The number of rotatable bonds is 9. The van der Waals surface area contributed by atoms with Gasteiger partial charge in [-0.2, -0.15) is 0 Å². The van der Waals surface area contributed by atoms with Gasteiger partial charge in [-0.1, -0.05) is 6.92 Å². The molecule has 0 amide bonds. The van der Waals surface area contributed by atoms with Gasteiger partial charge in [-0.05, 0) is 45.9 Å². The van der Waals surface area contributed by atoms with Crippen molar-refractivity contribution in [3.8, 4) is 0 Å². The molecule has 0 radical (unpaired) electrons. The van der Waals surface area contributed by atoms with E-state index in [0.29, 0.717) is 6.04 Å². The number of nitrogens with zero attached hydrogens (tertiary/aromatic N) is 2. The van der Waals surface area contributed by atoms with Gasteiger partial charge in [-0.15, -0.1) is 0 Å². The van der Waals surface area contributed by atoms with E-state index in [9.17, 15) is 0 Å². The molecule has 1 N–H and O–H groups in total. The maximum atomic E-state index is 5.29. The number of methoxy groups -OCH3 is 1. The molecular weight excluding hydrogens is 226 g/mol. The molecule has 108 valence electrons. The summed E-state index contributed by atoms with van der Waals surface area (Å²) in [5.41, 5.74) is 0. The zero-order chi connectivity index (χ0) is 13.4. The molecule has 0 aromatic heterocycles. The fourth-order valence-corrected chi connectivity index (χ4v) is 2.79. The summed E-state index contributed by atoms with van der Waals surface area (Å²) in [5, 5.41) is 3.56. The van der Waals surface area contributed by atoms with Crippen LogP contribution in [0.3, 0.4) is 0 Å². The summed E-state index contributed by atoms with van der Waals surface area (Å²) >= 11 is 0. The highest BCUT2D eigenvalue weighted by molar-refractivity contribution is 4.77. The van der Waals surface area contributed by atoms with E-state index in [1.807, 2.05) is 0 Å². The van der Waals surface area contributed by atoms with E-state index in [2.05, 4.69) is 36.1 Å². The lowest BCUT2D eigenvalue weighted by Crippen LogP contribution is -2.44. The molecule has 0 aliphatic carbocycles. The molecule has 2 unspecified atom stereocenters. The highest BCUT2D eigenvalue weighted by Gasteiger charge is 2.21. The number of ether oxygens (including phenoxy) is 1. The van der Waals surface area contributed by atoms with Crippen molar-refractivity contribution in [2.45, 2.75) is 25.8 Å². The molecule has 1 saturated heterocycles. The first-order valence-electron chi connectivity index (χ1n) is 7.25. The molecule has 1 aliphatic rings. The van der Waals surface area contributed by atoms with Crippen molar-refractivity contribution in [2.75, 3.05) is 60.5 Å². The average molecular weight is 257 g/mol. The molecule has 1 aliphatic heterocycles. The Morgan fingerprint density at radius 2 is 2.28 bits per heavy atom. The third-order valence-electron chi connectivity index (χ3n) is 3.64. The summed E-state index contributed by atoms with van der Waals surface area (Å²) in [4.78, 5) is 4.89. The Hall–Kier alpha value is -0.160. The van der Waals surface area contributed by atoms with Gasteiger partial charge in [0.2, 0.25) is 0 Å². The molecule has 1 rings (SSSR count). The van der Waals surface area contributed by atoms with Crippen LogP contribution in [0, 0.1) is 5.92 Å². The first-order valence-corrected chi connectivity index (χ1v) is 7.25. The third kappa shape index (κ3) is 6.14. The van der Waals surface area contributed by atoms with Crippen molar-refractivity contribution >= 4 is 0 Å². The molecule has 0 bridgehead atoms. The summed E-state index contributed by atoms with van der Waals surface area (Å²) in [6.45, 7) is 8.88. The van der Waals surface area contributed by atoms with Crippen LogP contribution < -0.4 is 5.32 Å². The van der Waals surface area contributed by atoms with Crippen LogP contribution in [0.25, 0.3) is 0 Å². The van der Waals surface area contributed by atoms with Gasteiger partial charge in [-0.3, -0.25) is 0 Å². The molecule has 4 heteroatoms. The van der Waals surface area contributed by atoms with Gasteiger partial charge in [0.15, 0.2) is 0 Å². The summed E-state index contributed by atoms with van der Waals surface area (Å²) in [5.74, 6) is 0.842. The van der Waals surface area contributed by atoms with Crippen LogP contribution >= 0.6 is 0 Å². The number of likely N-dealkylation sites (tertiary alicyclic amines) is 1. The number of hydrogen-bond acceptors (Lipinski definition) is 4. The van der Waals surface area contributed by atoms with Gasteiger partial charge < -0.3 is 19.9 Å². The minimum absolute atomic E-state index is 0.457. The topological polar surface area (TPSA) is 27.7 Å². The number of nitrogens with one attached hydrogen (secondary N) is 1. The summed E-state index contributed by atoms with van der Waals surface area (Å²) in [6, 6.07) is 0.457. The van der Waals surface area contributed by atoms with Crippen LogP contribution in [-0.2, 0) is 4.74 Å². The van der Waals surface area contributed by atoms with Crippen molar-refractivity contribution in [1.29, 1.82) is 0 Å². The predicted molar refractivity (Wildman–Crippen MR) is 77.1 cm³/mol. The van der Waals surface area contributed by atoms with Crippen molar-refractivity contribution in [3.63, 3.8) is 0 Å². The van der Waals surface area contributed by atoms with Gasteiger partial charge >= 0.3 is 0 Å². The monoisotopic (exact) mass is 257 g/mol. The summed E-state index contributed by atoms with van der Waals surface area (Å²) < 4.78 is 5.29. The van der Waals surface area contributed by atoms with Crippen molar-refractivity contribution in [1.82, 2.24) is 15.1 Å². The molecule has 0 aromatic rings. The second-order valence-corrected chi connectivity index (χ2v) is 5.74. The molecule has 2 atom stereocenters. The molecule has 0 saturated carbocycles. The van der Waals surface area contributed by atoms with Crippen LogP contribution in [0.5, 0.6) is 0 Å². The highest BCUT2D eigenvalue weighted by Crippen LogP contribution is 2.15. The van der Waals surface area contributed by atoms with E-state index in [-0.39, 0.29) is 0 Å². The predicted octanol–water partition coefficient (Wildman–Crippen LogP) is 0.885. The normalized spacial score (nSPS) is 22.8. The average Bonchev–Trinajstić information content (AvgIpc) is 2.71. The second-order valence-electron chi connectivity index (χ2n) is 5.74. The minimum atomic E-state index is 0.457. The van der Waals surface area contributed by atoms with Gasteiger partial charge in [0.25, 0.3) is 0 Å². The van der Waals surface area contributed by atoms with Crippen LogP contribution in [0.4, 0.5) is 0 Å². The Kier molecular flexibility index (Phi) is 7.82. The van der Waals surface area contributed by atoms with E-state index in [1.165, 1.54) is 32.5 Å². The van der Waals surface area contributed by atoms with E-state index in [1.54, 1.807) is 7.11 Å². The van der Waals surface area contributed by atoms with E-state index in [0.717, 1.165) is 25.6 Å². The van der Waals surface area contributed by atoms with Gasteiger partial charge in [0.1, 0.15) is 0 Å². The lowest BCUT2D eigenvalue weighted by Gasteiger charge is -2.26. The third-order valence-corrected chi connectivity index (χ3v) is 3.64. The number of likely N-dealkylation sites (N-methyl/N-ethyl adjacent to an activating group) is 1. The molecule has 4 nitrogen and oxygen atoms in total. The van der Waals surface area contributed by atoms with Crippen LogP contribution in [-0.4, -0.2) is 76.4 Å². The standard InChI is InChI=1S/C14H31N3O/c1-5-7-15-14(12-18-4)11-17(3)10-13-6-8-16(2)9-13/h13-15H,5-12H2,1-4H3. The Morgan fingerprint density at radius 3 is 2.83 bits per heavy atom. The quantitative estimate of drug-likeness (QED) is 0.664. The first kappa shape index (κ1) is 15.9. The van der Waals surface area contributed by atoms with Crippen molar-refractivity contribution in [3.05, 3.63) is 0 Å². The lowest BCUT2D eigenvalue weighted by molar-refractivity contribution is 0.141. The fourth-order valence-electron chi connectivity index (χ4n) is 2.79. The van der Waals surface area contributed by atoms with Crippen LogP contribution in [0.15, 0.2) is 0 Å². The smallest absolute Gasteiger partial charge is 0.0628 e. The Labute approximate surface area is 113 Å². The minimum Gasteiger partial charge on any atom is -0.383 e. The zero-order valence-corrected chi connectivity index (χ0v) is 12.6. The molecule has 1 heterocycles. The Morgan fingerprint density at radius 1 is 1.50 bits per heavy atom. The molecular formula is C14H31N3O. The maximum Gasteiger partial charge on any atom is 0.0628 e. The Bertz CT molecular complexity index is 213. The molecule has 1 fully saturated rings. The van der Waals surface area contributed by atoms with E-state index < -0.39 is 0 Å². The van der Waals surface area contributed by atoms with Gasteiger partial charge in [0, 0.05) is 32.8 Å². The molecule has 18 heavy (non-hydrogen) atoms. The maximum absolute atomic E-state index is 5.29. The van der Waals surface area contributed by atoms with E-state index >= 15 is 0 Å². The zero-order valence-electron chi connectivity index (χ0n) is 12.6. The van der Waals surface area contributed by atoms with Crippen molar-refractivity contribution in [2.24, 2.45) is 5.92 Å². The number of hydrogen-bond donors (Lipinski definition) is 1. The van der Waals surface area contributed by atoms with Crippen LogP contribution in [0.2, 0.25) is 0 Å². The highest BCUT2D eigenvalue weighted by atomic mass is 16.5. The molecule has 0 aromatic carbocycles. The second kappa shape index (κ2) is 8.86. The molecule has 0 spiro atoms. The lowest BCUT2D eigenvalue weighted by atomic mass is 10.1. The summed E-state index contributed by atoms with van der Waals surface area (Å²) in [6.07, 6.45) is 2.52. The summed E-state index contributed by atoms with van der Waals surface area (Å²) in [7, 11) is 6.23. The van der Waals surface area contributed by atoms with Gasteiger partial charge in [-0.25, -0.2) is 0 Å². The van der Waals surface area contributed by atoms with E-state index in [4.69, 9.17) is 4.74 Å². The fraction of sp³-hybridized carbons (Fsp3) is 1.00.